The van der Waals surface area contributed by atoms with Crippen LogP contribution in [0.1, 0.15) is 25.8 Å². The first-order valence-corrected chi connectivity index (χ1v) is 4.39. The summed E-state index contributed by atoms with van der Waals surface area (Å²) >= 11 is 0. The van der Waals surface area contributed by atoms with Gasteiger partial charge in [-0.1, -0.05) is 13.8 Å². The number of hydrogen-bond donors (Lipinski definition) is 2. The van der Waals surface area contributed by atoms with Crippen molar-refractivity contribution in [3.63, 3.8) is 0 Å². The van der Waals surface area contributed by atoms with Gasteiger partial charge in [0.15, 0.2) is 0 Å². The van der Waals surface area contributed by atoms with Crippen LogP contribution >= 0.6 is 0 Å². The lowest BCUT2D eigenvalue weighted by molar-refractivity contribution is 0.542. The fraction of sp³-hybridized carbons (Fsp3) is 0.667. The van der Waals surface area contributed by atoms with Crippen LogP contribution in [-0.2, 0) is 6.54 Å². The van der Waals surface area contributed by atoms with Crippen LogP contribution in [0, 0.1) is 5.41 Å². The van der Waals surface area contributed by atoms with Gasteiger partial charge in [-0.15, -0.1) is 0 Å². The molecule has 0 amide bonds. The molecule has 12 heavy (non-hydrogen) atoms. The third-order valence-electron chi connectivity index (χ3n) is 2.62. The number of nitrogens with zero attached hydrogens (tertiary/aromatic N) is 1. The van der Waals surface area contributed by atoms with E-state index >= 15 is 0 Å². The SMILES string of the molecule is CC1(C)CC1NCc1cn[nH]c1. The van der Waals surface area contributed by atoms with Crippen molar-refractivity contribution in [3.8, 4) is 0 Å². The summed E-state index contributed by atoms with van der Waals surface area (Å²) in [6, 6.07) is 0.701. The first-order valence-electron chi connectivity index (χ1n) is 4.39. The second-order valence-electron chi connectivity index (χ2n) is 4.23. The number of aromatic nitrogens is 2. The van der Waals surface area contributed by atoms with E-state index in [0.717, 1.165) is 6.54 Å². The molecule has 1 aliphatic rings. The topological polar surface area (TPSA) is 40.7 Å². The zero-order chi connectivity index (χ0) is 8.60. The molecule has 1 unspecified atom stereocenters. The van der Waals surface area contributed by atoms with Gasteiger partial charge >= 0.3 is 0 Å². The molecule has 3 heteroatoms. The van der Waals surface area contributed by atoms with E-state index in [1.807, 2.05) is 12.4 Å². The predicted octanol–water partition coefficient (Wildman–Crippen LogP) is 1.30. The van der Waals surface area contributed by atoms with Gasteiger partial charge in [0, 0.05) is 24.3 Å². The van der Waals surface area contributed by atoms with Gasteiger partial charge in [0.2, 0.25) is 0 Å². The van der Waals surface area contributed by atoms with E-state index in [1.54, 1.807) is 0 Å². The molecule has 1 aromatic heterocycles. The molecular formula is C9H15N3. The van der Waals surface area contributed by atoms with Crippen molar-refractivity contribution >= 4 is 0 Å². The fourth-order valence-corrected chi connectivity index (χ4v) is 1.43. The highest BCUT2D eigenvalue weighted by Gasteiger charge is 2.44. The Labute approximate surface area is 72.6 Å². The average Bonchev–Trinajstić information content (AvgIpc) is 2.54. The number of H-pyrrole nitrogens is 1. The Hall–Kier alpha value is -0.830. The van der Waals surface area contributed by atoms with E-state index in [-0.39, 0.29) is 0 Å². The molecule has 2 rings (SSSR count). The summed E-state index contributed by atoms with van der Waals surface area (Å²) in [5.74, 6) is 0. The zero-order valence-electron chi connectivity index (χ0n) is 7.59. The monoisotopic (exact) mass is 165 g/mol. The zero-order valence-corrected chi connectivity index (χ0v) is 7.59. The molecule has 1 aliphatic carbocycles. The maximum atomic E-state index is 3.89. The quantitative estimate of drug-likeness (QED) is 0.708. The van der Waals surface area contributed by atoms with Crippen molar-refractivity contribution in [2.24, 2.45) is 5.41 Å². The van der Waals surface area contributed by atoms with Gasteiger partial charge in [-0.25, -0.2) is 0 Å². The number of nitrogens with one attached hydrogen (secondary N) is 2. The van der Waals surface area contributed by atoms with Crippen LogP contribution in [0.3, 0.4) is 0 Å². The van der Waals surface area contributed by atoms with Gasteiger partial charge < -0.3 is 5.32 Å². The predicted molar refractivity (Wildman–Crippen MR) is 47.6 cm³/mol. The molecule has 1 atom stereocenters. The fourth-order valence-electron chi connectivity index (χ4n) is 1.43. The highest BCUT2D eigenvalue weighted by Crippen LogP contribution is 2.44. The normalized spacial score (nSPS) is 25.7. The maximum Gasteiger partial charge on any atom is 0.0532 e. The number of hydrogen-bond acceptors (Lipinski definition) is 2. The number of aromatic amines is 1. The van der Waals surface area contributed by atoms with Gasteiger partial charge in [-0.3, -0.25) is 5.10 Å². The lowest BCUT2D eigenvalue weighted by Gasteiger charge is -2.03. The van der Waals surface area contributed by atoms with E-state index in [1.165, 1.54) is 12.0 Å². The summed E-state index contributed by atoms with van der Waals surface area (Å²) in [7, 11) is 0. The van der Waals surface area contributed by atoms with E-state index in [4.69, 9.17) is 0 Å². The van der Waals surface area contributed by atoms with Crippen LogP contribution in [0.15, 0.2) is 12.4 Å². The Bertz CT molecular complexity index is 251. The van der Waals surface area contributed by atoms with Crippen molar-refractivity contribution < 1.29 is 0 Å². The lowest BCUT2D eigenvalue weighted by atomic mass is 10.2. The molecular weight excluding hydrogens is 150 g/mol. The Kier molecular flexibility index (Phi) is 1.68. The van der Waals surface area contributed by atoms with Gasteiger partial charge in [-0.2, -0.15) is 5.10 Å². The summed E-state index contributed by atoms with van der Waals surface area (Å²) in [5.41, 5.74) is 1.75. The molecule has 0 radical (unpaired) electrons. The minimum atomic E-state index is 0.518. The second-order valence-corrected chi connectivity index (χ2v) is 4.23. The van der Waals surface area contributed by atoms with E-state index < -0.39 is 0 Å². The summed E-state index contributed by atoms with van der Waals surface area (Å²) in [6.07, 6.45) is 5.09. The molecule has 1 fully saturated rings. The van der Waals surface area contributed by atoms with E-state index in [9.17, 15) is 0 Å². The van der Waals surface area contributed by atoms with Crippen molar-refractivity contribution in [1.82, 2.24) is 15.5 Å². The van der Waals surface area contributed by atoms with Crippen molar-refractivity contribution in [1.29, 1.82) is 0 Å². The minimum absolute atomic E-state index is 0.518. The van der Waals surface area contributed by atoms with E-state index in [0.29, 0.717) is 11.5 Å². The first-order chi connectivity index (χ1) is 5.68. The van der Waals surface area contributed by atoms with Gasteiger partial charge in [0.1, 0.15) is 0 Å². The second kappa shape index (κ2) is 2.59. The molecule has 0 aliphatic heterocycles. The van der Waals surface area contributed by atoms with E-state index in [2.05, 4.69) is 29.4 Å². The molecule has 66 valence electrons. The number of rotatable bonds is 3. The van der Waals surface area contributed by atoms with Gasteiger partial charge in [0.25, 0.3) is 0 Å². The summed E-state index contributed by atoms with van der Waals surface area (Å²) in [5, 5.41) is 10.2. The highest BCUT2D eigenvalue weighted by atomic mass is 15.1. The highest BCUT2D eigenvalue weighted by molar-refractivity contribution is 5.06. The Morgan fingerprint density at radius 2 is 2.50 bits per heavy atom. The Morgan fingerprint density at radius 1 is 1.75 bits per heavy atom. The standard InChI is InChI=1S/C9H15N3/c1-9(2)3-8(9)10-4-7-5-11-12-6-7/h5-6,8,10H,3-4H2,1-2H3,(H,11,12). The maximum absolute atomic E-state index is 3.89. The third-order valence-corrected chi connectivity index (χ3v) is 2.62. The Balaban J connectivity index is 1.78. The molecule has 0 bridgehead atoms. The van der Waals surface area contributed by atoms with Crippen LogP contribution < -0.4 is 5.32 Å². The van der Waals surface area contributed by atoms with Gasteiger partial charge in [-0.05, 0) is 11.8 Å². The molecule has 0 saturated heterocycles. The molecule has 3 nitrogen and oxygen atoms in total. The molecule has 0 spiro atoms. The van der Waals surface area contributed by atoms with Crippen LogP contribution in [0.5, 0.6) is 0 Å². The smallest absolute Gasteiger partial charge is 0.0532 e. The Morgan fingerprint density at radius 3 is 3.00 bits per heavy atom. The summed E-state index contributed by atoms with van der Waals surface area (Å²) in [6.45, 7) is 5.52. The minimum Gasteiger partial charge on any atom is -0.309 e. The summed E-state index contributed by atoms with van der Waals surface area (Å²) < 4.78 is 0. The first kappa shape index (κ1) is 7.80. The van der Waals surface area contributed by atoms with Crippen molar-refractivity contribution in [3.05, 3.63) is 18.0 Å². The largest absolute Gasteiger partial charge is 0.309 e. The third kappa shape index (κ3) is 1.50. The van der Waals surface area contributed by atoms with Crippen molar-refractivity contribution in [2.75, 3.05) is 0 Å². The average molecular weight is 165 g/mol. The van der Waals surface area contributed by atoms with Crippen LogP contribution in [-0.4, -0.2) is 16.2 Å². The van der Waals surface area contributed by atoms with Gasteiger partial charge in [0.05, 0.1) is 6.20 Å². The van der Waals surface area contributed by atoms with Crippen molar-refractivity contribution in [2.45, 2.75) is 32.9 Å². The molecule has 0 aromatic carbocycles. The van der Waals surface area contributed by atoms with Crippen LogP contribution in [0.25, 0.3) is 0 Å². The van der Waals surface area contributed by atoms with Crippen LogP contribution in [0.4, 0.5) is 0 Å². The molecule has 1 aromatic rings. The molecule has 1 saturated carbocycles. The lowest BCUT2D eigenvalue weighted by Crippen LogP contribution is -2.19. The van der Waals surface area contributed by atoms with Crippen LogP contribution in [0.2, 0.25) is 0 Å². The molecule has 2 N–H and O–H groups in total. The summed E-state index contributed by atoms with van der Waals surface area (Å²) in [4.78, 5) is 0. The molecule has 1 heterocycles.